The Balaban J connectivity index is 2.00. The second kappa shape index (κ2) is 2.81. The molecule has 4 rings (SSSR count). The molecular weight excluding hydrogens is 508 g/mol. The van der Waals surface area contributed by atoms with Crippen LogP contribution in [0.5, 0.6) is 0 Å². The van der Waals surface area contributed by atoms with Crippen LogP contribution < -0.4 is 0 Å². The zero-order valence-electron chi connectivity index (χ0n) is 10.2. The molecule has 0 saturated carbocycles. The summed E-state index contributed by atoms with van der Waals surface area (Å²) < 4.78 is 1.98. The zero-order valence-corrected chi connectivity index (χ0v) is 18.4. The summed E-state index contributed by atoms with van der Waals surface area (Å²) in [5, 5.41) is 0. The van der Waals surface area contributed by atoms with Crippen LogP contribution in [-0.4, -0.2) is 14.1 Å². The fraction of sp³-hybridized carbons (Fsp3) is 1.00. The molecule has 0 nitrogen and oxygen atoms in total. The molecule has 0 aliphatic carbocycles. The topological polar surface area (TPSA) is 0 Å². The fourth-order valence-electron chi connectivity index (χ4n) is 3.74. The molecule has 4 fully saturated rings. The van der Waals surface area contributed by atoms with Crippen LogP contribution in [0.2, 0.25) is 0 Å². The molecule has 0 spiro atoms. The van der Waals surface area contributed by atoms with Gasteiger partial charge in [0.25, 0.3) is 0 Å². The van der Waals surface area contributed by atoms with E-state index in [1.807, 2.05) is 0 Å². The molecule has 4 saturated heterocycles. The zero-order chi connectivity index (χ0) is 11.7. The van der Waals surface area contributed by atoms with Crippen molar-refractivity contribution in [3.63, 3.8) is 0 Å². The van der Waals surface area contributed by atoms with Gasteiger partial charge in [0.2, 0.25) is 0 Å². The predicted octanol–water partition coefficient (Wildman–Crippen LogP) is 5.78. The summed E-state index contributed by atoms with van der Waals surface area (Å²) in [5.41, 5.74) is 1.28. The molecule has 2 bridgehead atoms. The van der Waals surface area contributed by atoms with Gasteiger partial charge in [-0.15, -0.1) is 0 Å². The predicted molar refractivity (Wildman–Crippen MR) is 92.0 cm³/mol. The van der Waals surface area contributed by atoms with Gasteiger partial charge in [0.1, 0.15) is 0 Å². The summed E-state index contributed by atoms with van der Waals surface area (Å²) in [6.45, 7) is 13.6. The van der Waals surface area contributed by atoms with Gasteiger partial charge in [-0.25, -0.2) is 0 Å². The molecule has 15 heavy (non-hydrogen) atoms. The number of hydrogen-bond acceptors (Lipinski definition) is 0. The van der Waals surface area contributed by atoms with Gasteiger partial charge < -0.3 is 0 Å². The van der Waals surface area contributed by atoms with Crippen molar-refractivity contribution in [3.05, 3.63) is 0 Å². The van der Waals surface area contributed by atoms with Gasteiger partial charge in [0, 0.05) is 0 Å². The van der Waals surface area contributed by atoms with Gasteiger partial charge in [0.15, 0.2) is 0 Å². The minimum atomic E-state index is -1.54. The summed E-state index contributed by atoms with van der Waals surface area (Å²) in [5.74, 6) is 0. The first-order valence-electron chi connectivity index (χ1n) is 5.47. The normalized spacial score (nSPS) is 54.4. The van der Waals surface area contributed by atoms with Crippen LogP contribution in [0, 0.1) is 10.8 Å². The van der Waals surface area contributed by atoms with Crippen molar-refractivity contribution < 1.29 is 0 Å². The quantitative estimate of drug-likeness (QED) is 0.213. The summed E-state index contributed by atoms with van der Waals surface area (Å²) in [6.07, 6.45) is 0. The molecule has 0 amide bonds. The molecule has 0 N–H and O–H groups in total. The van der Waals surface area contributed by atoms with Crippen molar-refractivity contribution >= 4 is 62.3 Å². The molecule has 4 heterocycles. The summed E-state index contributed by atoms with van der Waals surface area (Å²) in [6, 6.07) is 0. The maximum absolute atomic E-state index is 2.99. The first-order chi connectivity index (χ1) is 6.49. The van der Waals surface area contributed by atoms with Gasteiger partial charge in [-0.2, -0.15) is 0 Å². The van der Waals surface area contributed by atoms with Gasteiger partial charge >= 0.3 is 122 Å². The molecule has 5 heteroatoms. The van der Waals surface area contributed by atoms with Gasteiger partial charge in [-0.1, -0.05) is 0 Å². The van der Waals surface area contributed by atoms with Crippen molar-refractivity contribution in [3.8, 4) is 0 Å². The second-order valence-electron chi connectivity index (χ2n) is 7.04. The molecule has 86 valence electrons. The van der Waals surface area contributed by atoms with Crippen LogP contribution in [0.1, 0.15) is 41.5 Å². The molecule has 0 aromatic heterocycles. The minimum absolute atomic E-state index is 0.533. The monoisotopic (exact) mass is 528 g/mol. The average Bonchev–Trinajstić information content (AvgIpc) is 2.58. The summed E-state index contributed by atoms with van der Waals surface area (Å²) in [7, 11) is 1.07. The van der Waals surface area contributed by atoms with E-state index in [-0.39, 0.29) is 0 Å². The van der Waals surface area contributed by atoms with Crippen molar-refractivity contribution in [2.75, 3.05) is 0 Å². The molecule has 0 aromatic rings. The Morgan fingerprint density at radius 3 is 1.20 bits per heavy atom. The van der Waals surface area contributed by atoms with Crippen molar-refractivity contribution in [2.45, 2.75) is 49.0 Å². The third kappa shape index (κ3) is 0.943. The van der Waals surface area contributed by atoms with E-state index in [0.717, 1.165) is 7.46 Å². The van der Waals surface area contributed by atoms with Crippen LogP contribution in [0.4, 0.5) is 0 Å². The van der Waals surface area contributed by atoms with E-state index in [2.05, 4.69) is 82.0 Å². The Morgan fingerprint density at radius 2 is 1.07 bits per heavy atom. The average molecular weight is 527 g/mol. The Morgan fingerprint density at radius 1 is 0.800 bits per heavy atom. The molecule has 4 aliphatic rings. The Hall–Kier alpha value is 2.86. The summed E-state index contributed by atoms with van der Waals surface area (Å²) >= 11 is 5.97. The Labute approximate surface area is 120 Å². The second-order valence-corrected chi connectivity index (χ2v) is 50.7. The molecule has 4 aliphatic heterocycles. The molecular formula is C10H18GeI2P2. The van der Waals surface area contributed by atoms with Crippen LogP contribution in [-0.2, 0) is 0 Å². The van der Waals surface area contributed by atoms with Crippen molar-refractivity contribution in [1.82, 2.24) is 0 Å². The molecule has 0 aromatic carbocycles. The molecule has 0 unspecified atom stereocenters. The Kier molecular flexibility index (Phi) is 2.41. The van der Waals surface area contributed by atoms with Gasteiger partial charge in [-0.3, -0.25) is 0 Å². The van der Waals surface area contributed by atoms with E-state index in [1.54, 1.807) is 0 Å². The SMILES string of the molecule is CC(C)(C)[C]12P3P1[C]3(C(C)(C)C)[Ge]2([I])[I]. The number of hydrogen-bond donors (Lipinski definition) is 0. The van der Waals surface area contributed by atoms with Crippen LogP contribution in [0.25, 0.3) is 0 Å². The number of halogens is 2. The van der Waals surface area contributed by atoms with Crippen LogP contribution >= 0.6 is 55.7 Å². The molecule has 0 atom stereocenters. The summed E-state index contributed by atoms with van der Waals surface area (Å²) in [4.78, 5) is 0. The number of rotatable bonds is 0. The third-order valence-electron chi connectivity index (χ3n) is 4.31. The standard InChI is InChI=1S/C10H18GeI2P2/c1-7(2,3)9-11(12,13)10(8(4,5)6)14(9)15(9)10/h1-6H3. The van der Waals surface area contributed by atoms with Crippen LogP contribution in [0.3, 0.4) is 0 Å². The first-order valence-corrected chi connectivity index (χ1v) is 23.8. The third-order valence-corrected chi connectivity index (χ3v) is 73.8. The van der Waals surface area contributed by atoms with E-state index < -0.39 is 6.65 Å². The Bertz CT molecular complexity index is 325. The van der Waals surface area contributed by atoms with E-state index in [9.17, 15) is 0 Å². The van der Waals surface area contributed by atoms with Crippen molar-refractivity contribution in [1.29, 1.82) is 0 Å². The van der Waals surface area contributed by atoms with Crippen LogP contribution in [0.15, 0.2) is 0 Å². The first kappa shape index (κ1) is 12.9. The molecule has 0 radical (unpaired) electrons. The maximum atomic E-state index is 2.99. The van der Waals surface area contributed by atoms with Gasteiger partial charge in [0.05, 0.1) is 0 Å². The van der Waals surface area contributed by atoms with E-state index in [0.29, 0.717) is 26.1 Å². The van der Waals surface area contributed by atoms with E-state index >= 15 is 0 Å². The fourth-order valence-corrected chi connectivity index (χ4v) is 124. The van der Waals surface area contributed by atoms with Gasteiger partial charge in [-0.05, 0) is 0 Å². The van der Waals surface area contributed by atoms with E-state index in [4.69, 9.17) is 0 Å². The van der Waals surface area contributed by atoms with E-state index in [1.165, 1.54) is 0 Å². The van der Waals surface area contributed by atoms with Crippen molar-refractivity contribution in [2.24, 2.45) is 10.8 Å².